The van der Waals surface area contributed by atoms with E-state index in [1.54, 1.807) is 18.2 Å². The summed E-state index contributed by atoms with van der Waals surface area (Å²) < 4.78 is 0. The first kappa shape index (κ1) is 19.9. The summed E-state index contributed by atoms with van der Waals surface area (Å²) in [7, 11) is 0. The van der Waals surface area contributed by atoms with Crippen LogP contribution >= 0.6 is 0 Å². The molecule has 0 radical (unpaired) electrons. The van der Waals surface area contributed by atoms with E-state index in [1.165, 1.54) is 0 Å². The molecule has 0 atom stereocenters. The third-order valence-electron chi connectivity index (χ3n) is 1.23. The maximum Gasteiger partial charge on any atom is -0.0266 e. The van der Waals surface area contributed by atoms with Gasteiger partial charge in [0.1, 0.15) is 0 Å². The Balaban J connectivity index is -0.000000205. The molecule has 0 aromatic carbocycles. The Morgan fingerprint density at radius 1 is 0.875 bits per heavy atom. The summed E-state index contributed by atoms with van der Waals surface area (Å²) in [6, 6.07) is 0. The van der Waals surface area contributed by atoms with Crippen molar-refractivity contribution < 1.29 is 0 Å². The van der Waals surface area contributed by atoms with E-state index >= 15 is 0 Å². The molecule has 0 aliphatic heterocycles. The van der Waals surface area contributed by atoms with Crippen LogP contribution in [-0.2, 0) is 0 Å². The summed E-state index contributed by atoms with van der Waals surface area (Å²) >= 11 is 0. The summed E-state index contributed by atoms with van der Waals surface area (Å²) in [5.74, 6) is 0. The minimum atomic E-state index is 1.09. The Hall–Kier alpha value is -1.56. The Labute approximate surface area is 102 Å². The number of hydrogen-bond acceptors (Lipinski definition) is 0. The fourth-order valence-corrected chi connectivity index (χ4v) is 0.656. The van der Waals surface area contributed by atoms with Gasteiger partial charge in [-0.2, -0.15) is 0 Å². The van der Waals surface area contributed by atoms with Crippen LogP contribution in [0.4, 0.5) is 0 Å². The quantitative estimate of drug-likeness (QED) is 0.536. The molecule has 0 N–H and O–H groups in total. The van der Waals surface area contributed by atoms with Gasteiger partial charge in [0.05, 0.1) is 0 Å². The van der Waals surface area contributed by atoms with Crippen LogP contribution in [0.25, 0.3) is 0 Å². The third kappa shape index (κ3) is 22.9. The standard InChI is InChI=1S/C9H12.C5H8.C2H6/c1-4-7-9(6-3)8-5-2;1-3-5-4-2;1-2/h4-8H,1,3H2,2H3;3-5H,1H2,2H3;1-2H3/b8-5-,9-7-;5-4-;. The van der Waals surface area contributed by atoms with Crippen LogP contribution in [0, 0.1) is 0 Å². The molecule has 0 aliphatic rings. The molecule has 0 unspecified atom stereocenters. The predicted octanol–water partition coefficient (Wildman–Crippen LogP) is 5.64. The van der Waals surface area contributed by atoms with Crippen molar-refractivity contribution >= 4 is 0 Å². The van der Waals surface area contributed by atoms with Gasteiger partial charge in [-0.05, 0) is 19.4 Å². The molecule has 0 heterocycles. The van der Waals surface area contributed by atoms with Crippen LogP contribution in [0.2, 0.25) is 0 Å². The Kier molecular flexibility index (Phi) is 29.1. The SMILES string of the molecule is C=C/C=C(C=C)\C=C/C.C=C/C=C\C.CC. The van der Waals surface area contributed by atoms with Crippen molar-refractivity contribution in [1.29, 1.82) is 0 Å². The normalized spacial score (nSPS) is 9.88. The topological polar surface area (TPSA) is 0 Å². The lowest BCUT2D eigenvalue weighted by Crippen LogP contribution is -1.65. The van der Waals surface area contributed by atoms with Gasteiger partial charge in [0.25, 0.3) is 0 Å². The highest BCUT2D eigenvalue weighted by Gasteiger charge is 1.76. The molecule has 90 valence electrons. The second kappa shape index (κ2) is 23.3. The van der Waals surface area contributed by atoms with Crippen molar-refractivity contribution in [3.63, 3.8) is 0 Å². The minimum Gasteiger partial charge on any atom is -0.0991 e. The Bertz CT molecular complexity index is 237. The molecule has 0 aliphatic carbocycles. The molecule has 0 spiro atoms. The number of hydrogen-bond donors (Lipinski definition) is 0. The fourth-order valence-electron chi connectivity index (χ4n) is 0.656. The molecule has 0 saturated carbocycles. The van der Waals surface area contributed by atoms with Crippen molar-refractivity contribution in [2.45, 2.75) is 27.7 Å². The van der Waals surface area contributed by atoms with Crippen LogP contribution in [0.5, 0.6) is 0 Å². The molecule has 0 rings (SSSR count). The van der Waals surface area contributed by atoms with Crippen LogP contribution in [0.15, 0.2) is 73.9 Å². The van der Waals surface area contributed by atoms with Gasteiger partial charge in [0, 0.05) is 0 Å². The van der Waals surface area contributed by atoms with E-state index in [4.69, 9.17) is 0 Å². The van der Waals surface area contributed by atoms with Crippen LogP contribution in [-0.4, -0.2) is 0 Å². The Morgan fingerprint density at radius 2 is 1.44 bits per heavy atom. The van der Waals surface area contributed by atoms with E-state index in [-0.39, 0.29) is 0 Å². The van der Waals surface area contributed by atoms with E-state index < -0.39 is 0 Å². The van der Waals surface area contributed by atoms with Crippen molar-refractivity contribution in [2.24, 2.45) is 0 Å². The first-order chi connectivity index (χ1) is 7.76. The molecule has 0 heteroatoms. The summed E-state index contributed by atoms with van der Waals surface area (Å²) in [5, 5.41) is 0. The van der Waals surface area contributed by atoms with Gasteiger partial charge in [-0.15, -0.1) is 0 Å². The van der Waals surface area contributed by atoms with Gasteiger partial charge >= 0.3 is 0 Å². The fraction of sp³-hybridized carbons (Fsp3) is 0.250. The molecular weight excluding hydrogens is 192 g/mol. The first-order valence-electron chi connectivity index (χ1n) is 5.58. The third-order valence-corrected chi connectivity index (χ3v) is 1.23. The predicted molar refractivity (Wildman–Crippen MR) is 79.7 cm³/mol. The van der Waals surface area contributed by atoms with E-state index in [2.05, 4.69) is 19.7 Å². The minimum absolute atomic E-state index is 1.09. The molecule has 0 aromatic rings. The van der Waals surface area contributed by atoms with E-state index in [1.807, 2.05) is 58.1 Å². The summed E-state index contributed by atoms with van der Waals surface area (Å²) in [6.07, 6.45) is 15.0. The smallest absolute Gasteiger partial charge is 0.0266 e. The zero-order chi connectivity index (χ0) is 13.2. The van der Waals surface area contributed by atoms with Crippen molar-refractivity contribution in [3.05, 3.63) is 73.9 Å². The molecule has 0 fully saturated rings. The second-order valence-electron chi connectivity index (χ2n) is 2.37. The summed E-state index contributed by atoms with van der Waals surface area (Å²) in [4.78, 5) is 0. The summed E-state index contributed by atoms with van der Waals surface area (Å²) in [6.45, 7) is 18.6. The van der Waals surface area contributed by atoms with Crippen molar-refractivity contribution in [2.75, 3.05) is 0 Å². The lowest BCUT2D eigenvalue weighted by atomic mass is 10.2. The highest BCUT2D eigenvalue weighted by atomic mass is 13.8. The number of allylic oxidation sites excluding steroid dienone is 9. The molecule has 0 saturated heterocycles. The van der Waals surface area contributed by atoms with Gasteiger partial charge in [-0.1, -0.05) is 82.2 Å². The van der Waals surface area contributed by atoms with Crippen LogP contribution < -0.4 is 0 Å². The van der Waals surface area contributed by atoms with Gasteiger partial charge in [-0.25, -0.2) is 0 Å². The Morgan fingerprint density at radius 3 is 1.62 bits per heavy atom. The van der Waals surface area contributed by atoms with Gasteiger partial charge in [-0.3, -0.25) is 0 Å². The molecule has 0 amide bonds. The van der Waals surface area contributed by atoms with Crippen LogP contribution in [0.1, 0.15) is 27.7 Å². The molecule has 16 heavy (non-hydrogen) atoms. The average molecular weight is 218 g/mol. The molecular formula is C16H26. The van der Waals surface area contributed by atoms with Crippen molar-refractivity contribution in [3.8, 4) is 0 Å². The molecule has 0 aromatic heterocycles. The van der Waals surface area contributed by atoms with Gasteiger partial charge in [0.15, 0.2) is 0 Å². The van der Waals surface area contributed by atoms with Gasteiger partial charge < -0.3 is 0 Å². The van der Waals surface area contributed by atoms with Gasteiger partial charge in [0.2, 0.25) is 0 Å². The largest absolute Gasteiger partial charge is 0.0991 e. The maximum atomic E-state index is 3.63. The molecule has 0 nitrogen and oxygen atoms in total. The lowest BCUT2D eigenvalue weighted by molar-refractivity contribution is 1.50. The lowest BCUT2D eigenvalue weighted by Gasteiger charge is -1.85. The average Bonchev–Trinajstić information content (AvgIpc) is 2.33. The first-order valence-corrected chi connectivity index (χ1v) is 5.58. The highest BCUT2D eigenvalue weighted by molar-refractivity contribution is 5.31. The second-order valence-corrected chi connectivity index (χ2v) is 2.37. The van der Waals surface area contributed by atoms with Crippen molar-refractivity contribution in [1.82, 2.24) is 0 Å². The van der Waals surface area contributed by atoms with E-state index in [0.717, 1.165) is 5.57 Å². The summed E-state index contributed by atoms with van der Waals surface area (Å²) in [5.41, 5.74) is 1.09. The zero-order valence-electron chi connectivity index (χ0n) is 11.2. The monoisotopic (exact) mass is 218 g/mol. The zero-order valence-corrected chi connectivity index (χ0v) is 11.2. The molecule has 0 bridgehead atoms. The van der Waals surface area contributed by atoms with E-state index in [9.17, 15) is 0 Å². The highest BCUT2D eigenvalue weighted by Crippen LogP contribution is 1.96. The van der Waals surface area contributed by atoms with Crippen LogP contribution in [0.3, 0.4) is 0 Å². The number of rotatable bonds is 4. The maximum absolute atomic E-state index is 3.63. The van der Waals surface area contributed by atoms with E-state index in [0.29, 0.717) is 0 Å².